The molecule has 6 rings (SSSR count). The topological polar surface area (TPSA) is 143 Å². The van der Waals surface area contributed by atoms with Crippen LogP contribution in [-0.2, 0) is 29.8 Å². The Kier molecular flexibility index (Phi) is 5.25. The van der Waals surface area contributed by atoms with Crippen LogP contribution in [-0.4, -0.2) is 49.0 Å². The highest BCUT2D eigenvalue weighted by Crippen LogP contribution is 2.90. The summed E-state index contributed by atoms with van der Waals surface area (Å²) in [6.45, 7) is 7.93. The molecule has 0 aliphatic heterocycles. The molecule has 1 aromatic carbocycles. The smallest absolute Gasteiger partial charge is 0.265 e. The first kappa shape index (κ1) is 27.1. The van der Waals surface area contributed by atoms with E-state index in [1.165, 1.54) is 0 Å². The Labute approximate surface area is 229 Å². The van der Waals surface area contributed by atoms with E-state index < -0.39 is 53.4 Å². The van der Waals surface area contributed by atoms with Gasteiger partial charge in [0.05, 0.1) is 22.3 Å². The van der Waals surface area contributed by atoms with Crippen LogP contribution in [0.4, 0.5) is 0 Å². The second-order valence-electron chi connectivity index (χ2n) is 13.6. The van der Waals surface area contributed by atoms with Crippen molar-refractivity contribution in [1.82, 2.24) is 0 Å². The van der Waals surface area contributed by atoms with E-state index in [0.717, 1.165) is 17.5 Å². The Morgan fingerprint density at radius 2 is 1.23 bits per heavy atom. The third-order valence-electron chi connectivity index (χ3n) is 11.6. The summed E-state index contributed by atoms with van der Waals surface area (Å²) in [5, 5.41) is 0. The van der Waals surface area contributed by atoms with Gasteiger partial charge in [0.1, 0.15) is 0 Å². The predicted octanol–water partition coefficient (Wildman–Crippen LogP) is 4.24. The third kappa shape index (κ3) is 3.29. The average molecular weight is 575 g/mol. The summed E-state index contributed by atoms with van der Waals surface area (Å²) in [7, 11) is -8.65. The molecule has 5 fully saturated rings. The van der Waals surface area contributed by atoms with E-state index in [-0.39, 0.29) is 28.8 Å². The molecule has 0 aromatic heterocycles. The minimum atomic E-state index is -4.33. The van der Waals surface area contributed by atoms with Crippen LogP contribution >= 0.6 is 0 Å². The van der Waals surface area contributed by atoms with Gasteiger partial charge in [0.15, 0.2) is 11.6 Å². The second-order valence-corrected chi connectivity index (χ2v) is 16.5. The van der Waals surface area contributed by atoms with Crippen LogP contribution < -0.4 is 0 Å². The van der Waals surface area contributed by atoms with Gasteiger partial charge < -0.3 is 0 Å². The van der Waals surface area contributed by atoms with Gasteiger partial charge in [-0.15, -0.1) is 0 Å². The van der Waals surface area contributed by atoms with Crippen molar-refractivity contribution in [1.29, 1.82) is 0 Å². The Balaban J connectivity index is 1.30. The molecule has 210 valence electrons. The van der Waals surface area contributed by atoms with Crippen LogP contribution in [0.2, 0.25) is 0 Å². The SMILES string of the molecule is CC1(C)C2CCC1(CS(=O)(=O)O)C(=O)/C2=C\c1ccc(/C=C2\C(=O)C3(CS(=O)(=O)O)CCC34C2C4(C)C)cc1. The van der Waals surface area contributed by atoms with Crippen LogP contribution in [0.3, 0.4) is 0 Å². The zero-order valence-corrected chi connectivity index (χ0v) is 24.2. The van der Waals surface area contributed by atoms with E-state index in [4.69, 9.17) is 0 Å². The van der Waals surface area contributed by atoms with Crippen molar-refractivity contribution in [2.75, 3.05) is 11.5 Å². The van der Waals surface area contributed by atoms with E-state index in [1.807, 2.05) is 44.2 Å². The molecule has 0 radical (unpaired) electrons. The summed E-state index contributed by atoms with van der Waals surface area (Å²) in [5.41, 5.74) is -0.681. The van der Waals surface area contributed by atoms with Gasteiger partial charge in [-0.1, -0.05) is 52.0 Å². The number of fused-ring (bicyclic) bond motifs is 2. The lowest BCUT2D eigenvalue weighted by atomic mass is 9.55. The molecule has 5 aliphatic carbocycles. The monoisotopic (exact) mass is 574 g/mol. The minimum Gasteiger partial charge on any atom is -0.294 e. The number of rotatable bonds is 6. The maximum atomic E-state index is 13.5. The van der Waals surface area contributed by atoms with E-state index in [0.29, 0.717) is 30.4 Å². The van der Waals surface area contributed by atoms with Crippen molar-refractivity contribution >= 4 is 44.0 Å². The van der Waals surface area contributed by atoms with E-state index in [9.17, 15) is 35.5 Å². The van der Waals surface area contributed by atoms with Gasteiger partial charge in [0.2, 0.25) is 0 Å². The van der Waals surface area contributed by atoms with Crippen LogP contribution in [0.25, 0.3) is 12.2 Å². The summed E-state index contributed by atoms with van der Waals surface area (Å²) < 4.78 is 66.5. The third-order valence-corrected chi connectivity index (χ3v) is 13.3. The molecule has 5 aliphatic rings. The summed E-state index contributed by atoms with van der Waals surface area (Å²) in [4.78, 5) is 27.0. The highest BCUT2D eigenvalue weighted by atomic mass is 32.2. The van der Waals surface area contributed by atoms with Crippen LogP contribution in [0, 0.1) is 38.9 Å². The van der Waals surface area contributed by atoms with Crippen molar-refractivity contribution in [3.8, 4) is 0 Å². The molecule has 8 nitrogen and oxygen atoms in total. The van der Waals surface area contributed by atoms with Crippen LogP contribution in [0.5, 0.6) is 0 Å². The summed E-state index contributed by atoms with van der Waals surface area (Å²) in [6, 6.07) is 7.39. The fourth-order valence-corrected chi connectivity index (χ4v) is 12.1. The van der Waals surface area contributed by atoms with E-state index in [2.05, 4.69) is 13.8 Å². The van der Waals surface area contributed by atoms with E-state index in [1.54, 1.807) is 6.08 Å². The number of allylic oxidation sites excluding steroid dienone is 2. The quantitative estimate of drug-likeness (QED) is 0.379. The fourth-order valence-electron chi connectivity index (χ4n) is 9.65. The molecule has 10 heteroatoms. The molecule has 2 N–H and O–H groups in total. The number of Topliss-reactive ketones (excluding diaryl/α,β-unsaturated/α-hetero) is 2. The lowest BCUT2D eigenvalue weighted by molar-refractivity contribution is -0.134. The Hall–Kier alpha value is -2.14. The summed E-state index contributed by atoms with van der Waals surface area (Å²) in [5.74, 6) is -1.66. The van der Waals surface area contributed by atoms with Crippen molar-refractivity contribution in [3.05, 3.63) is 46.5 Å². The number of carbonyl (C=O) groups is 2. The molecule has 0 saturated heterocycles. The average Bonchev–Trinajstić information content (AvgIpc) is 3.12. The summed E-state index contributed by atoms with van der Waals surface area (Å²) in [6.07, 6.45) is 5.96. The van der Waals surface area contributed by atoms with Gasteiger partial charge in [-0.05, 0) is 71.1 Å². The molecule has 5 unspecified atom stereocenters. The van der Waals surface area contributed by atoms with Crippen molar-refractivity contribution < 1.29 is 35.5 Å². The maximum absolute atomic E-state index is 13.5. The van der Waals surface area contributed by atoms with Crippen molar-refractivity contribution in [2.45, 2.75) is 53.4 Å². The van der Waals surface area contributed by atoms with Crippen molar-refractivity contribution in [3.63, 3.8) is 0 Å². The molecular formula is C29H34O8S2. The van der Waals surface area contributed by atoms with Gasteiger partial charge in [-0.3, -0.25) is 18.7 Å². The molecule has 5 atom stereocenters. The first-order valence-electron chi connectivity index (χ1n) is 13.4. The minimum absolute atomic E-state index is 0.0531. The second kappa shape index (κ2) is 7.57. The van der Waals surface area contributed by atoms with E-state index >= 15 is 0 Å². The number of benzene rings is 1. The lowest BCUT2D eigenvalue weighted by Gasteiger charge is -2.48. The van der Waals surface area contributed by atoms with Gasteiger partial charge in [-0.25, -0.2) is 0 Å². The Bertz CT molecular complexity index is 1610. The highest BCUT2D eigenvalue weighted by molar-refractivity contribution is 7.86. The molecule has 1 aromatic rings. The molecular weight excluding hydrogens is 540 g/mol. The molecule has 1 spiro atoms. The molecule has 2 bridgehead atoms. The van der Waals surface area contributed by atoms with Gasteiger partial charge in [0, 0.05) is 17.1 Å². The molecule has 39 heavy (non-hydrogen) atoms. The predicted molar refractivity (Wildman–Crippen MR) is 146 cm³/mol. The normalized spacial score (nSPS) is 39.6. The number of ketones is 2. The van der Waals surface area contributed by atoms with Crippen LogP contribution in [0.1, 0.15) is 64.5 Å². The Morgan fingerprint density at radius 1 is 0.744 bits per heavy atom. The first-order valence-corrected chi connectivity index (χ1v) is 16.6. The van der Waals surface area contributed by atoms with Gasteiger partial charge in [0.25, 0.3) is 20.2 Å². The standard InChI is InChI=1S/C29H34O8S2/c1-25(2)21-9-10-27(25,15-38(32,33)34)23(30)19(21)13-17-5-7-18(8-6-17)14-20-22-26(3,4)29(22)12-11-28(29,24(20)31)16-39(35,36)37/h5-8,13-14,21-22H,9-12,15-16H2,1-4H3,(H,32,33,34)(H,35,36,37)/b19-13-,20-14-. The molecule has 0 amide bonds. The fraction of sp³-hybridized carbons (Fsp3) is 0.586. The molecule has 5 saturated carbocycles. The first-order chi connectivity index (χ1) is 17.8. The van der Waals surface area contributed by atoms with Crippen LogP contribution in [0.15, 0.2) is 35.4 Å². The zero-order valence-electron chi connectivity index (χ0n) is 22.5. The Morgan fingerprint density at radius 3 is 1.72 bits per heavy atom. The van der Waals surface area contributed by atoms with Gasteiger partial charge >= 0.3 is 0 Å². The molecule has 0 heterocycles. The number of carbonyl (C=O) groups excluding carboxylic acids is 2. The largest absolute Gasteiger partial charge is 0.294 e. The van der Waals surface area contributed by atoms with Crippen molar-refractivity contribution in [2.24, 2.45) is 38.9 Å². The maximum Gasteiger partial charge on any atom is 0.265 e. The number of hydrogen-bond acceptors (Lipinski definition) is 6. The van der Waals surface area contributed by atoms with Gasteiger partial charge in [-0.2, -0.15) is 16.8 Å². The lowest BCUT2D eigenvalue weighted by Crippen LogP contribution is -2.52. The zero-order chi connectivity index (χ0) is 28.6. The highest BCUT2D eigenvalue weighted by Gasteiger charge is 2.90. The summed E-state index contributed by atoms with van der Waals surface area (Å²) >= 11 is 0. The number of hydrogen-bond donors (Lipinski definition) is 2.